The summed E-state index contributed by atoms with van der Waals surface area (Å²) in [5, 5.41) is 13.3. The largest absolute Gasteiger partial charge is 0.390 e. The summed E-state index contributed by atoms with van der Waals surface area (Å²) in [4.78, 5) is 12.6. The summed E-state index contributed by atoms with van der Waals surface area (Å²) in [6.45, 7) is 6.88. The smallest absolute Gasteiger partial charge is 0.253 e. The number of aliphatic hydroxyl groups excluding tert-OH is 1. The van der Waals surface area contributed by atoms with Crippen LogP contribution in [0.3, 0.4) is 0 Å². The minimum atomic E-state index is -0.559. The average molecular weight is 298 g/mol. The fourth-order valence-electron chi connectivity index (χ4n) is 3.48. The van der Waals surface area contributed by atoms with E-state index in [-0.39, 0.29) is 11.9 Å². The fraction of sp³-hybridized carbons (Fsp3) is 0.389. The van der Waals surface area contributed by atoms with Gasteiger partial charge >= 0.3 is 0 Å². The predicted molar refractivity (Wildman–Crippen MR) is 85.9 cm³/mol. The first-order valence-corrected chi connectivity index (χ1v) is 7.76. The Morgan fingerprint density at radius 1 is 1.36 bits per heavy atom. The van der Waals surface area contributed by atoms with Gasteiger partial charge in [-0.3, -0.25) is 4.79 Å². The van der Waals surface area contributed by atoms with E-state index < -0.39 is 6.10 Å². The van der Waals surface area contributed by atoms with Crippen LogP contribution in [0.5, 0.6) is 0 Å². The van der Waals surface area contributed by atoms with Crippen molar-refractivity contribution in [3.05, 3.63) is 58.4 Å². The van der Waals surface area contributed by atoms with Gasteiger partial charge in [-0.2, -0.15) is 0 Å². The summed E-state index contributed by atoms with van der Waals surface area (Å²) in [6, 6.07) is 9.48. The molecule has 1 amide bonds. The number of aliphatic hydroxyl groups is 1. The van der Waals surface area contributed by atoms with Crippen LogP contribution in [0.2, 0.25) is 0 Å². The SMILES string of the molecule is CCn1c(C)cc(C(=O)N[C@@H]2c3ccccc3C[C@@H]2O)c1C. The molecule has 0 spiro atoms. The minimum absolute atomic E-state index is 0.117. The van der Waals surface area contributed by atoms with Gasteiger partial charge in [-0.25, -0.2) is 0 Å². The molecule has 4 heteroatoms. The van der Waals surface area contributed by atoms with Gasteiger partial charge in [-0.15, -0.1) is 0 Å². The summed E-state index contributed by atoms with van der Waals surface area (Å²) in [5.74, 6) is -0.117. The molecule has 0 saturated heterocycles. The van der Waals surface area contributed by atoms with E-state index in [1.807, 2.05) is 44.2 Å². The molecule has 0 fully saturated rings. The summed E-state index contributed by atoms with van der Waals surface area (Å²) in [5.41, 5.74) is 4.87. The van der Waals surface area contributed by atoms with Crippen LogP contribution in [-0.4, -0.2) is 21.7 Å². The number of aryl methyl sites for hydroxylation is 1. The van der Waals surface area contributed by atoms with Crippen molar-refractivity contribution in [2.24, 2.45) is 0 Å². The molecule has 116 valence electrons. The molecule has 0 bridgehead atoms. The highest BCUT2D eigenvalue weighted by atomic mass is 16.3. The summed E-state index contributed by atoms with van der Waals surface area (Å²) >= 11 is 0. The molecule has 0 saturated carbocycles. The van der Waals surface area contributed by atoms with Gasteiger partial charge in [0.15, 0.2) is 0 Å². The van der Waals surface area contributed by atoms with E-state index in [2.05, 4.69) is 16.8 Å². The lowest BCUT2D eigenvalue weighted by atomic mass is 10.1. The molecular weight excluding hydrogens is 276 g/mol. The number of nitrogens with one attached hydrogen (secondary N) is 1. The fourth-order valence-corrected chi connectivity index (χ4v) is 3.48. The molecule has 22 heavy (non-hydrogen) atoms. The molecule has 0 aliphatic heterocycles. The number of carbonyl (C=O) groups excluding carboxylic acids is 1. The monoisotopic (exact) mass is 298 g/mol. The Morgan fingerprint density at radius 2 is 2.09 bits per heavy atom. The quantitative estimate of drug-likeness (QED) is 0.915. The molecule has 0 radical (unpaired) electrons. The van der Waals surface area contributed by atoms with Crippen LogP contribution in [-0.2, 0) is 13.0 Å². The maximum Gasteiger partial charge on any atom is 0.253 e. The third kappa shape index (κ3) is 2.33. The second-order valence-electron chi connectivity index (χ2n) is 5.95. The minimum Gasteiger partial charge on any atom is -0.390 e. The molecule has 0 unspecified atom stereocenters. The van der Waals surface area contributed by atoms with E-state index >= 15 is 0 Å². The highest BCUT2D eigenvalue weighted by Gasteiger charge is 2.32. The van der Waals surface area contributed by atoms with Gasteiger partial charge in [0.2, 0.25) is 0 Å². The van der Waals surface area contributed by atoms with Crippen molar-refractivity contribution in [1.82, 2.24) is 9.88 Å². The van der Waals surface area contributed by atoms with Gasteiger partial charge in [0.25, 0.3) is 5.91 Å². The summed E-state index contributed by atoms with van der Waals surface area (Å²) in [6.07, 6.45) is 0.0331. The third-order valence-electron chi connectivity index (χ3n) is 4.63. The molecular formula is C18H22N2O2. The number of rotatable bonds is 3. The van der Waals surface area contributed by atoms with Crippen molar-refractivity contribution in [2.45, 2.75) is 45.9 Å². The number of carbonyl (C=O) groups is 1. The Kier molecular flexibility index (Phi) is 3.79. The first kappa shape index (κ1) is 14.9. The highest BCUT2D eigenvalue weighted by molar-refractivity contribution is 5.96. The normalized spacial score (nSPS) is 20.0. The second-order valence-corrected chi connectivity index (χ2v) is 5.95. The first-order valence-electron chi connectivity index (χ1n) is 7.76. The number of amides is 1. The van der Waals surface area contributed by atoms with E-state index in [1.54, 1.807) is 0 Å². The van der Waals surface area contributed by atoms with Crippen LogP contribution in [0, 0.1) is 13.8 Å². The molecule has 2 aromatic rings. The molecule has 1 aliphatic carbocycles. The highest BCUT2D eigenvalue weighted by Crippen LogP contribution is 2.31. The van der Waals surface area contributed by atoms with Crippen molar-refractivity contribution in [3.63, 3.8) is 0 Å². The van der Waals surface area contributed by atoms with Crippen LogP contribution in [0.15, 0.2) is 30.3 Å². The van der Waals surface area contributed by atoms with Crippen molar-refractivity contribution >= 4 is 5.91 Å². The molecule has 1 aromatic carbocycles. The molecule has 2 N–H and O–H groups in total. The lowest BCUT2D eigenvalue weighted by Crippen LogP contribution is -2.34. The molecule has 1 heterocycles. The van der Waals surface area contributed by atoms with Crippen molar-refractivity contribution < 1.29 is 9.90 Å². The molecule has 3 rings (SSSR count). The lowest BCUT2D eigenvalue weighted by Gasteiger charge is -2.18. The van der Waals surface area contributed by atoms with Crippen molar-refractivity contribution in [1.29, 1.82) is 0 Å². The lowest BCUT2D eigenvalue weighted by molar-refractivity contribution is 0.0857. The van der Waals surface area contributed by atoms with Crippen LogP contribution in [0.4, 0.5) is 0 Å². The molecule has 2 atom stereocenters. The Hall–Kier alpha value is -2.07. The van der Waals surface area contributed by atoms with Gasteiger partial charge in [0.05, 0.1) is 17.7 Å². The average Bonchev–Trinajstić information content (AvgIpc) is 2.96. The van der Waals surface area contributed by atoms with E-state index in [0.29, 0.717) is 12.0 Å². The van der Waals surface area contributed by atoms with Crippen LogP contribution < -0.4 is 5.32 Å². The zero-order valence-corrected chi connectivity index (χ0v) is 13.3. The van der Waals surface area contributed by atoms with Crippen LogP contribution in [0.25, 0.3) is 0 Å². The molecule has 1 aliphatic rings. The van der Waals surface area contributed by atoms with Gasteiger partial charge in [-0.05, 0) is 38.0 Å². The van der Waals surface area contributed by atoms with Gasteiger partial charge in [0.1, 0.15) is 0 Å². The van der Waals surface area contributed by atoms with E-state index in [4.69, 9.17) is 0 Å². The van der Waals surface area contributed by atoms with Crippen LogP contribution in [0.1, 0.15) is 45.8 Å². The topological polar surface area (TPSA) is 54.3 Å². The Balaban J connectivity index is 1.86. The summed E-state index contributed by atoms with van der Waals surface area (Å²) in [7, 11) is 0. The standard InChI is InChI=1S/C18H22N2O2/c1-4-20-11(2)9-15(12(20)3)18(22)19-17-14-8-6-5-7-13(14)10-16(17)21/h5-9,16-17,21H,4,10H2,1-3H3,(H,19,22)/t16-,17+/m0/s1. The van der Waals surface area contributed by atoms with E-state index in [0.717, 1.165) is 29.1 Å². The zero-order valence-electron chi connectivity index (χ0n) is 13.3. The maximum absolute atomic E-state index is 12.6. The van der Waals surface area contributed by atoms with Gasteiger partial charge in [0, 0.05) is 24.4 Å². The van der Waals surface area contributed by atoms with Crippen molar-refractivity contribution in [2.75, 3.05) is 0 Å². The van der Waals surface area contributed by atoms with Gasteiger partial charge < -0.3 is 15.0 Å². The maximum atomic E-state index is 12.6. The second kappa shape index (κ2) is 5.61. The van der Waals surface area contributed by atoms with E-state index in [9.17, 15) is 9.90 Å². The number of benzene rings is 1. The Morgan fingerprint density at radius 3 is 2.77 bits per heavy atom. The predicted octanol–water partition coefficient (Wildman–Crippen LogP) is 2.51. The van der Waals surface area contributed by atoms with E-state index in [1.165, 1.54) is 0 Å². The molecule has 1 aromatic heterocycles. The number of nitrogens with zero attached hydrogens (tertiary/aromatic N) is 1. The zero-order chi connectivity index (χ0) is 15.9. The number of hydrogen-bond acceptors (Lipinski definition) is 2. The number of aromatic nitrogens is 1. The third-order valence-corrected chi connectivity index (χ3v) is 4.63. The first-order chi connectivity index (χ1) is 10.5. The Bertz CT molecular complexity index is 718. The van der Waals surface area contributed by atoms with Crippen molar-refractivity contribution in [3.8, 4) is 0 Å². The number of hydrogen-bond donors (Lipinski definition) is 2. The summed E-state index contributed by atoms with van der Waals surface area (Å²) < 4.78 is 2.12. The molecule has 4 nitrogen and oxygen atoms in total. The Labute approximate surface area is 130 Å². The number of fused-ring (bicyclic) bond motifs is 1. The van der Waals surface area contributed by atoms with Crippen LogP contribution >= 0.6 is 0 Å². The van der Waals surface area contributed by atoms with Gasteiger partial charge in [-0.1, -0.05) is 24.3 Å².